The molecule has 3 aromatic rings. The van der Waals surface area contributed by atoms with Crippen molar-refractivity contribution in [2.45, 2.75) is 31.5 Å². The standard InChI is InChI=1S/C22H22FN3O2S2/c1-13-8-14(2)21(15(3)9-13)26-19(27)10-18-11-29-22(25-18)30-12-20(28)24-17-6-4-16(23)5-7-17/h4-9,11H,10,12H2,1-3H3,(H,24,28)(H,26,27). The van der Waals surface area contributed by atoms with Crippen LogP contribution in [0.5, 0.6) is 0 Å². The zero-order chi connectivity index (χ0) is 21.7. The number of anilines is 2. The maximum Gasteiger partial charge on any atom is 0.234 e. The van der Waals surface area contributed by atoms with Gasteiger partial charge in [0.25, 0.3) is 0 Å². The molecular formula is C22H22FN3O2S2. The van der Waals surface area contributed by atoms with Gasteiger partial charge in [0, 0.05) is 16.8 Å². The molecule has 156 valence electrons. The zero-order valence-corrected chi connectivity index (χ0v) is 18.5. The molecule has 0 spiro atoms. The molecule has 30 heavy (non-hydrogen) atoms. The summed E-state index contributed by atoms with van der Waals surface area (Å²) in [5.74, 6) is -0.500. The summed E-state index contributed by atoms with van der Waals surface area (Å²) in [6.45, 7) is 5.98. The third-order valence-corrected chi connectivity index (χ3v) is 6.34. The largest absolute Gasteiger partial charge is 0.325 e. The molecule has 0 fully saturated rings. The Balaban J connectivity index is 1.50. The van der Waals surface area contributed by atoms with E-state index in [0.29, 0.717) is 11.4 Å². The smallest absolute Gasteiger partial charge is 0.234 e. The topological polar surface area (TPSA) is 71.1 Å². The van der Waals surface area contributed by atoms with Crippen LogP contribution >= 0.6 is 23.1 Å². The molecule has 1 aromatic heterocycles. The van der Waals surface area contributed by atoms with Crippen molar-refractivity contribution in [3.8, 4) is 0 Å². The van der Waals surface area contributed by atoms with Gasteiger partial charge in [-0.2, -0.15) is 0 Å². The molecule has 0 radical (unpaired) electrons. The number of aromatic nitrogens is 1. The minimum Gasteiger partial charge on any atom is -0.325 e. The van der Waals surface area contributed by atoms with Crippen LogP contribution in [0, 0.1) is 26.6 Å². The monoisotopic (exact) mass is 443 g/mol. The number of hydrogen-bond donors (Lipinski definition) is 2. The molecule has 2 aromatic carbocycles. The van der Waals surface area contributed by atoms with Crippen molar-refractivity contribution in [1.82, 2.24) is 4.98 Å². The minimum absolute atomic E-state index is 0.124. The van der Waals surface area contributed by atoms with Crippen LogP contribution in [0.25, 0.3) is 0 Å². The summed E-state index contributed by atoms with van der Waals surface area (Å²) in [4.78, 5) is 28.9. The molecule has 0 saturated carbocycles. The number of carbonyl (C=O) groups is 2. The van der Waals surface area contributed by atoms with Crippen LogP contribution in [0.2, 0.25) is 0 Å². The molecule has 8 heteroatoms. The molecule has 0 atom stereocenters. The van der Waals surface area contributed by atoms with Crippen LogP contribution in [0.15, 0.2) is 46.1 Å². The first-order chi connectivity index (χ1) is 14.3. The number of hydrogen-bond acceptors (Lipinski definition) is 5. The molecular weight excluding hydrogens is 421 g/mol. The van der Waals surface area contributed by atoms with Crippen LogP contribution in [0.1, 0.15) is 22.4 Å². The second-order valence-electron chi connectivity index (χ2n) is 6.95. The highest BCUT2D eigenvalue weighted by Crippen LogP contribution is 2.25. The highest BCUT2D eigenvalue weighted by Gasteiger charge is 2.12. The Morgan fingerprint density at radius 2 is 1.70 bits per heavy atom. The SMILES string of the molecule is Cc1cc(C)c(NC(=O)Cc2csc(SCC(=O)Nc3ccc(F)cc3)n2)c(C)c1. The van der Waals surface area contributed by atoms with E-state index in [-0.39, 0.29) is 29.8 Å². The number of carbonyl (C=O) groups excluding carboxylic acids is 2. The fraction of sp³-hybridized carbons (Fsp3) is 0.227. The van der Waals surface area contributed by atoms with Crippen molar-refractivity contribution in [3.05, 3.63) is 70.0 Å². The van der Waals surface area contributed by atoms with Gasteiger partial charge in [-0.25, -0.2) is 9.37 Å². The van der Waals surface area contributed by atoms with Crippen molar-refractivity contribution in [2.24, 2.45) is 0 Å². The summed E-state index contributed by atoms with van der Waals surface area (Å²) in [7, 11) is 0. The third-order valence-electron chi connectivity index (χ3n) is 4.27. The van der Waals surface area contributed by atoms with Crippen LogP contribution in [-0.2, 0) is 16.0 Å². The van der Waals surface area contributed by atoms with Gasteiger partial charge in [-0.3, -0.25) is 9.59 Å². The van der Waals surface area contributed by atoms with E-state index in [1.54, 1.807) is 0 Å². The predicted octanol–water partition coefficient (Wildman–Crippen LogP) is 5.12. The van der Waals surface area contributed by atoms with Gasteiger partial charge in [0.2, 0.25) is 11.8 Å². The fourth-order valence-corrected chi connectivity index (χ4v) is 4.66. The minimum atomic E-state index is -0.352. The lowest BCUT2D eigenvalue weighted by molar-refractivity contribution is -0.116. The zero-order valence-electron chi connectivity index (χ0n) is 16.9. The van der Waals surface area contributed by atoms with Gasteiger partial charge in [0.15, 0.2) is 4.34 Å². The maximum absolute atomic E-state index is 12.9. The van der Waals surface area contributed by atoms with E-state index < -0.39 is 0 Å². The first-order valence-corrected chi connectivity index (χ1v) is 11.2. The Morgan fingerprint density at radius 3 is 2.37 bits per heavy atom. The summed E-state index contributed by atoms with van der Waals surface area (Å²) >= 11 is 2.70. The van der Waals surface area contributed by atoms with E-state index in [1.165, 1.54) is 47.4 Å². The number of halogens is 1. The normalized spacial score (nSPS) is 10.7. The van der Waals surface area contributed by atoms with E-state index in [9.17, 15) is 14.0 Å². The molecule has 0 aliphatic rings. The number of amides is 2. The second-order valence-corrected chi connectivity index (χ2v) is 9.03. The van der Waals surface area contributed by atoms with Crippen molar-refractivity contribution in [2.75, 3.05) is 16.4 Å². The van der Waals surface area contributed by atoms with Crippen LogP contribution in [-0.4, -0.2) is 22.6 Å². The summed E-state index contributed by atoms with van der Waals surface area (Å²) < 4.78 is 13.6. The van der Waals surface area contributed by atoms with E-state index in [0.717, 1.165) is 26.7 Å². The number of thioether (sulfide) groups is 1. The lowest BCUT2D eigenvalue weighted by atomic mass is 10.0. The number of rotatable bonds is 7. The average molecular weight is 444 g/mol. The maximum atomic E-state index is 12.9. The molecule has 1 heterocycles. The molecule has 0 aliphatic heterocycles. The number of nitrogens with one attached hydrogen (secondary N) is 2. The summed E-state index contributed by atoms with van der Waals surface area (Å²) in [5.41, 5.74) is 5.27. The van der Waals surface area contributed by atoms with Crippen molar-refractivity contribution in [1.29, 1.82) is 0 Å². The van der Waals surface area contributed by atoms with Crippen molar-refractivity contribution in [3.63, 3.8) is 0 Å². The molecule has 0 saturated heterocycles. The van der Waals surface area contributed by atoms with Crippen LogP contribution in [0.4, 0.5) is 15.8 Å². The van der Waals surface area contributed by atoms with Gasteiger partial charge in [0.1, 0.15) is 5.82 Å². The lowest BCUT2D eigenvalue weighted by Gasteiger charge is -2.12. The van der Waals surface area contributed by atoms with Gasteiger partial charge in [-0.1, -0.05) is 29.5 Å². The highest BCUT2D eigenvalue weighted by atomic mass is 32.2. The fourth-order valence-electron chi connectivity index (χ4n) is 3.02. The predicted molar refractivity (Wildman–Crippen MR) is 121 cm³/mol. The van der Waals surface area contributed by atoms with E-state index in [1.807, 2.05) is 38.3 Å². The van der Waals surface area contributed by atoms with E-state index in [2.05, 4.69) is 15.6 Å². The lowest BCUT2D eigenvalue weighted by Crippen LogP contribution is -2.16. The first-order valence-electron chi connectivity index (χ1n) is 9.30. The Morgan fingerprint density at radius 1 is 1.03 bits per heavy atom. The molecule has 0 aliphatic carbocycles. The van der Waals surface area contributed by atoms with Gasteiger partial charge < -0.3 is 10.6 Å². The number of aryl methyl sites for hydroxylation is 3. The van der Waals surface area contributed by atoms with Gasteiger partial charge in [-0.15, -0.1) is 11.3 Å². The van der Waals surface area contributed by atoms with E-state index >= 15 is 0 Å². The number of thiazole rings is 1. The Labute approximate surface area is 183 Å². The summed E-state index contributed by atoms with van der Waals surface area (Å²) in [5, 5.41) is 7.51. The van der Waals surface area contributed by atoms with Gasteiger partial charge in [0.05, 0.1) is 17.9 Å². The average Bonchev–Trinajstić information content (AvgIpc) is 3.12. The first kappa shape index (κ1) is 22.0. The highest BCUT2D eigenvalue weighted by molar-refractivity contribution is 8.01. The molecule has 5 nitrogen and oxygen atoms in total. The number of nitrogens with zero attached hydrogens (tertiary/aromatic N) is 1. The van der Waals surface area contributed by atoms with Crippen molar-refractivity contribution < 1.29 is 14.0 Å². The Kier molecular flexibility index (Phi) is 7.23. The number of benzene rings is 2. The second kappa shape index (κ2) is 9.86. The molecule has 3 rings (SSSR count). The molecule has 2 N–H and O–H groups in total. The van der Waals surface area contributed by atoms with Gasteiger partial charge in [-0.05, 0) is 56.2 Å². The molecule has 0 unspecified atom stereocenters. The Hall–Kier alpha value is -2.71. The Bertz CT molecular complexity index is 1040. The molecule has 0 bridgehead atoms. The summed E-state index contributed by atoms with van der Waals surface area (Å²) in [6, 6.07) is 9.68. The molecule has 2 amide bonds. The van der Waals surface area contributed by atoms with E-state index in [4.69, 9.17) is 0 Å². The van der Waals surface area contributed by atoms with Crippen LogP contribution < -0.4 is 10.6 Å². The van der Waals surface area contributed by atoms with Crippen molar-refractivity contribution >= 4 is 46.3 Å². The summed E-state index contributed by atoms with van der Waals surface area (Å²) in [6.07, 6.45) is 0.172. The third kappa shape index (κ3) is 6.14. The van der Waals surface area contributed by atoms with Crippen LogP contribution in [0.3, 0.4) is 0 Å². The van der Waals surface area contributed by atoms with Gasteiger partial charge >= 0.3 is 0 Å². The quantitative estimate of drug-likeness (QED) is 0.497.